The Morgan fingerprint density at radius 3 is 2.76 bits per heavy atom. The average Bonchev–Trinajstić information content (AvgIpc) is 2.60. The fraction of sp³-hybridized carbons (Fsp3) is 0.333. The second kappa shape index (κ2) is 7.33. The van der Waals surface area contributed by atoms with Gasteiger partial charge in [-0.05, 0) is 36.1 Å². The molecule has 6 nitrogen and oxygen atoms in total. The van der Waals surface area contributed by atoms with Gasteiger partial charge in [0.1, 0.15) is 0 Å². The molecular weight excluding hydrogens is 338 g/mol. The summed E-state index contributed by atoms with van der Waals surface area (Å²) < 4.78 is 25.5. The van der Waals surface area contributed by atoms with Gasteiger partial charge >= 0.3 is 0 Å². The number of hydrogen-bond donors (Lipinski definition) is 0. The summed E-state index contributed by atoms with van der Waals surface area (Å²) in [4.78, 5) is 18.5. The number of benzene rings is 1. The molecule has 7 heteroatoms. The zero-order valence-corrected chi connectivity index (χ0v) is 14.9. The minimum absolute atomic E-state index is 0.133. The van der Waals surface area contributed by atoms with E-state index in [1.54, 1.807) is 29.4 Å². The lowest BCUT2D eigenvalue weighted by Gasteiger charge is -2.31. The molecule has 25 heavy (non-hydrogen) atoms. The lowest BCUT2D eigenvalue weighted by molar-refractivity contribution is -0.119. The zero-order chi connectivity index (χ0) is 17.9. The van der Waals surface area contributed by atoms with E-state index >= 15 is 0 Å². The Labute approximate surface area is 148 Å². The predicted molar refractivity (Wildman–Crippen MR) is 96.6 cm³/mol. The number of aryl methyl sites for hydroxylation is 1. The largest absolute Gasteiger partial charge is 0.311 e. The number of hydrogen-bond acceptors (Lipinski definition) is 4. The van der Waals surface area contributed by atoms with E-state index in [9.17, 15) is 13.2 Å². The van der Waals surface area contributed by atoms with E-state index in [2.05, 4.69) is 4.98 Å². The average molecular weight is 359 g/mol. The molecule has 0 fully saturated rings. The molecule has 2 heterocycles. The number of pyridine rings is 1. The fourth-order valence-electron chi connectivity index (χ4n) is 3.01. The third-order valence-corrected chi connectivity index (χ3v) is 5.47. The summed E-state index contributed by atoms with van der Waals surface area (Å²) in [5.41, 5.74) is 2.76. The van der Waals surface area contributed by atoms with Crippen LogP contribution in [-0.2, 0) is 27.8 Å². The molecule has 0 radical (unpaired) electrons. The summed E-state index contributed by atoms with van der Waals surface area (Å²) >= 11 is 0. The van der Waals surface area contributed by atoms with E-state index in [4.69, 9.17) is 0 Å². The summed E-state index contributed by atoms with van der Waals surface area (Å²) in [6, 6.07) is 11.3. The third-order valence-electron chi connectivity index (χ3n) is 4.27. The standard InChI is InChI=1S/C18H21N3O3S/c1-25(23,24)20(13-15-6-4-10-19-12-15)14-18(22)21-11-5-8-16-7-2-3-9-17(16)21/h2-4,6-7,9-10,12H,5,8,11,13-14H2,1H3. The molecule has 0 bridgehead atoms. The Morgan fingerprint density at radius 2 is 2.04 bits per heavy atom. The van der Waals surface area contributed by atoms with Crippen LogP contribution in [-0.4, -0.2) is 43.0 Å². The number of sulfonamides is 1. The Kier molecular flexibility index (Phi) is 5.15. The first-order valence-electron chi connectivity index (χ1n) is 8.17. The number of carbonyl (C=O) groups excluding carboxylic acids is 1. The van der Waals surface area contributed by atoms with Crippen molar-refractivity contribution in [3.05, 3.63) is 59.9 Å². The van der Waals surface area contributed by atoms with Gasteiger partial charge < -0.3 is 4.90 Å². The lowest BCUT2D eigenvalue weighted by atomic mass is 10.0. The van der Waals surface area contributed by atoms with E-state index in [1.807, 2.05) is 24.3 Å². The number of aromatic nitrogens is 1. The quantitative estimate of drug-likeness (QED) is 0.816. The van der Waals surface area contributed by atoms with Gasteiger partial charge in [0.25, 0.3) is 0 Å². The molecule has 0 atom stereocenters. The molecule has 0 N–H and O–H groups in total. The van der Waals surface area contributed by atoms with Crippen molar-refractivity contribution >= 4 is 21.6 Å². The molecule has 0 unspecified atom stereocenters. The van der Waals surface area contributed by atoms with Crippen molar-refractivity contribution in [3.63, 3.8) is 0 Å². The summed E-state index contributed by atoms with van der Waals surface area (Å²) in [5.74, 6) is -0.207. The molecule has 3 rings (SSSR count). The fourth-order valence-corrected chi connectivity index (χ4v) is 3.74. The van der Waals surface area contributed by atoms with Gasteiger partial charge in [0.05, 0.1) is 12.8 Å². The predicted octanol–water partition coefficient (Wildman–Crippen LogP) is 1.82. The van der Waals surface area contributed by atoms with E-state index in [1.165, 1.54) is 4.31 Å². The second-order valence-electron chi connectivity index (χ2n) is 6.17. The van der Waals surface area contributed by atoms with E-state index in [-0.39, 0.29) is 19.0 Å². The third kappa shape index (κ3) is 4.24. The number of para-hydroxylation sites is 1. The maximum absolute atomic E-state index is 12.8. The molecule has 0 spiro atoms. The SMILES string of the molecule is CS(=O)(=O)N(CC(=O)N1CCCc2ccccc21)Cc1cccnc1. The molecule has 0 aliphatic carbocycles. The first-order valence-corrected chi connectivity index (χ1v) is 10.0. The normalized spacial score (nSPS) is 14.4. The van der Waals surface area contributed by atoms with Crippen molar-refractivity contribution in [2.24, 2.45) is 0 Å². The monoisotopic (exact) mass is 359 g/mol. The highest BCUT2D eigenvalue weighted by molar-refractivity contribution is 7.88. The van der Waals surface area contributed by atoms with Crippen LogP contribution < -0.4 is 4.90 Å². The molecular formula is C18H21N3O3S. The van der Waals surface area contributed by atoms with Gasteiger partial charge in [0, 0.05) is 31.2 Å². The maximum Gasteiger partial charge on any atom is 0.242 e. The lowest BCUT2D eigenvalue weighted by Crippen LogP contribution is -2.44. The van der Waals surface area contributed by atoms with Crippen LogP contribution in [0.2, 0.25) is 0 Å². The topological polar surface area (TPSA) is 70.6 Å². The van der Waals surface area contributed by atoms with Crippen molar-refractivity contribution in [1.82, 2.24) is 9.29 Å². The molecule has 0 saturated heterocycles. The maximum atomic E-state index is 12.8. The van der Waals surface area contributed by atoms with Gasteiger partial charge in [-0.15, -0.1) is 0 Å². The highest BCUT2D eigenvalue weighted by Crippen LogP contribution is 2.27. The van der Waals surface area contributed by atoms with Crippen molar-refractivity contribution in [2.45, 2.75) is 19.4 Å². The number of fused-ring (bicyclic) bond motifs is 1. The summed E-state index contributed by atoms with van der Waals surface area (Å²) in [6.45, 7) is 0.566. The van der Waals surface area contributed by atoms with Gasteiger partial charge in [-0.1, -0.05) is 24.3 Å². The molecule has 2 aromatic rings. The van der Waals surface area contributed by atoms with E-state index in [0.717, 1.165) is 35.9 Å². The van der Waals surface area contributed by atoms with Gasteiger partial charge in [0.15, 0.2) is 0 Å². The van der Waals surface area contributed by atoms with Crippen LogP contribution in [0.15, 0.2) is 48.8 Å². The Bertz CT molecular complexity index is 853. The smallest absolute Gasteiger partial charge is 0.242 e. The molecule has 1 aromatic carbocycles. The first kappa shape index (κ1) is 17.6. The minimum Gasteiger partial charge on any atom is -0.311 e. The van der Waals surface area contributed by atoms with Crippen LogP contribution in [0.25, 0.3) is 0 Å². The van der Waals surface area contributed by atoms with Crippen LogP contribution in [0.1, 0.15) is 17.5 Å². The highest BCUT2D eigenvalue weighted by Gasteiger charge is 2.27. The van der Waals surface area contributed by atoms with Gasteiger partial charge in [-0.2, -0.15) is 4.31 Å². The molecule has 1 aliphatic rings. The molecule has 1 aliphatic heterocycles. The Balaban J connectivity index is 1.80. The first-order chi connectivity index (χ1) is 11.9. The number of carbonyl (C=O) groups is 1. The number of amides is 1. The summed E-state index contributed by atoms with van der Waals surface area (Å²) in [5, 5.41) is 0. The zero-order valence-electron chi connectivity index (χ0n) is 14.1. The summed E-state index contributed by atoms with van der Waals surface area (Å²) in [6.07, 6.45) is 6.18. The molecule has 1 aromatic heterocycles. The number of nitrogens with zero attached hydrogens (tertiary/aromatic N) is 3. The van der Waals surface area contributed by atoms with Gasteiger partial charge in [-0.25, -0.2) is 8.42 Å². The Morgan fingerprint density at radius 1 is 1.24 bits per heavy atom. The van der Waals surface area contributed by atoms with E-state index < -0.39 is 10.0 Å². The number of rotatable bonds is 5. The molecule has 132 valence electrons. The van der Waals surface area contributed by atoms with Crippen molar-refractivity contribution in [2.75, 3.05) is 24.2 Å². The van der Waals surface area contributed by atoms with Crippen molar-refractivity contribution in [1.29, 1.82) is 0 Å². The van der Waals surface area contributed by atoms with Crippen LogP contribution in [0, 0.1) is 0 Å². The Hall–Kier alpha value is -2.25. The van der Waals surface area contributed by atoms with Crippen LogP contribution >= 0.6 is 0 Å². The van der Waals surface area contributed by atoms with Crippen LogP contribution in [0.4, 0.5) is 5.69 Å². The van der Waals surface area contributed by atoms with E-state index in [0.29, 0.717) is 6.54 Å². The van der Waals surface area contributed by atoms with Crippen LogP contribution in [0.5, 0.6) is 0 Å². The van der Waals surface area contributed by atoms with Gasteiger partial charge in [0.2, 0.25) is 15.9 Å². The minimum atomic E-state index is -3.52. The highest BCUT2D eigenvalue weighted by atomic mass is 32.2. The molecule has 0 saturated carbocycles. The summed E-state index contributed by atoms with van der Waals surface area (Å²) in [7, 11) is -3.52. The van der Waals surface area contributed by atoms with Gasteiger partial charge in [-0.3, -0.25) is 9.78 Å². The van der Waals surface area contributed by atoms with Crippen molar-refractivity contribution in [3.8, 4) is 0 Å². The van der Waals surface area contributed by atoms with Crippen LogP contribution in [0.3, 0.4) is 0 Å². The second-order valence-corrected chi connectivity index (χ2v) is 8.15. The van der Waals surface area contributed by atoms with Crippen molar-refractivity contribution < 1.29 is 13.2 Å². The molecule has 1 amide bonds. The number of anilines is 1.